The fourth-order valence-corrected chi connectivity index (χ4v) is 3.71. The van der Waals surface area contributed by atoms with Gasteiger partial charge in [0.1, 0.15) is 11.9 Å². The van der Waals surface area contributed by atoms with E-state index in [0.717, 1.165) is 17.7 Å². The molecule has 0 aromatic heterocycles. The highest BCUT2D eigenvalue weighted by Crippen LogP contribution is 2.30. The Balaban J connectivity index is 1.57. The third-order valence-corrected chi connectivity index (χ3v) is 5.28. The molecular weight excluding hydrogens is 405 g/mol. The molecule has 0 fully saturated rings. The zero-order valence-corrected chi connectivity index (χ0v) is 16.7. The van der Waals surface area contributed by atoms with Crippen molar-refractivity contribution in [3.05, 3.63) is 94.8 Å². The number of carbonyl (C=O) groups is 2. The van der Waals surface area contributed by atoms with Crippen molar-refractivity contribution in [3.8, 4) is 0 Å². The first-order valence-electron chi connectivity index (χ1n) is 9.50. The molecule has 3 aromatic rings. The van der Waals surface area contributed by atoms with E-state index in [9.17, 15) is 14.0 Å². The molecule has 0 bridgehead atoms. The lowest BCUT2D eigenvalue weighted by molar-refractivity contribution is -0.120. The van der Waals surface area contributed by atoms with Gasteiger partial charge in [0.2, 0.25) is 0 Å². The summed E-state index contributed by atoms with van der Waals surface area (Å²) in [7, 11) is 0. The van der Waals surface area contributed by atoms with Crippen LogP contribution in [0.25, 0.3) is 0 Å². The standard InChI is InChI=1S/C23H19ClFN3O2/c24-18-14-17(10-11-19(18)25)26-23(30)27-21(16-7-2-1-3-8-16)22(29)28-13-12-15-6-4-5-9-20(15)28/h1-11,14,21H,12-13H2,(H2,26,27,30)/t21-/m1/s1. The molecule has 3 aromatic carbocycles. The normalized spacial score (nSPS) is 13.5. The van der Waals surface area contributed by atoms with Crippen LogP contribution in [0.3, 0.4) is 0 Å². The monoisotopic (exact) mass is 423 g/mol. The molecule has 3 amide bonds. The summed E-state index contributed by atoms with van der Waals surface area (Å²) in [5.74, 6) is -0.800. The topological polar surface area (TPSA) is 61.4 Å². The SMILES string of the molecule is O=C(Nc1ccc(F)c(Cl)c1)N[C@@H](C(=O)N1CCc2ccccc21)c1ccccc1. The molecule has 0 unspecified atom stereocenters. The third-order valence-electron chi connectivity index (χ3n) is 4.99. The molecule has 152 valence electrons. The lowest BCUT2D eigenvalue weighted by atomic mass is 10.1. The van der Waals surface area contributed by atoms with Crippen molar-refractivity contribution in [1.29, 1.82) is 0 Å². The Labute approximate surface area is 178 Å². The summed E-state index contributed by atoms with van der Waals surface area (Å²) >= 11 is 5.78. The molecule has 1 atom stereocenters. The van der Waals surface area contributed by atoms with Crippen molar-refractivity contribution in [1.82, 2.24) is 5.32 Å². The Kier molecular flexibility index (Phi) is 5.68. The lowest BCUT2D eigenvalue weighted by Crippen LogP contribution is -2.43. The van der Waals surface area contributed by atoms with Gasteiger partial charge in [-0.1, -0.05) is 60.1 Å². The van der Waals surface area contributed by atoms with Crippen LogP contribution in [0, 0.1) is 5.82 Å². The molecule has 0 radical (unpaired) electrons. The summed E-state index contributed by atoms with van der Waals surface area (Å²) < 4.78 is 13.4. The van der Waals surface area contributed by atoms with E-state index in [-0.39, 0.29) is 10.9 Å². The molecule has 30 heavy (non-hydrogen) atoms. The van der Waals surface area contributed by atoms with Gasteiger partial charge >= 0.3 is 6.03 Å². The van der Waals surface area contributed by atoms with Gasteiger partial charge in [-0.05, 0) is 41.8 Å². The minimum Gasteiger partial charge on any atom is -0.322 e. The van der Waals surface area contributed by atoms with Crippen molar-refractivity contribution in [2.24, 2.45) is 0 Å². The number of hydrogen-bond acceptors (Lipinski definition) is 2. The fraction of sp³-hybridized carbons (Fsp3) is 0.130. The van der Waals surface area contributed by atoms with Gasteiger partial charge in [-0.2, -0.15) is 0 Å². The minimum absolute atomic E-state index is 0.0999. The molecule has 7 heteroatoms. The summed E-state index contributed by atoms with van der Waals surface area (Å²) in [6, 6.07) is 19.2. The number of nitrogens with one attached hydrogen (secondary N) is 2. The maximum atomic E-state index is 13.4. The van der Waals surface area contributed by atoms with Gasteiger partial charge in [0.25, 0.3) is 5.91 Å². The van der Waals surface area contributed by atoms with Crippen LogP contribution in [-0.2, 0) is 11.2 Å². The molecule has 0 spiro atoms. The molecule has 0 saturated carbocycles. The lowest BCUT2D eigenvalue weighted by Gasteiger charge is -2.25. The zero-order chi connectivity index (χ0) is 21.1. The van der Waals surface area contributed by atoms with Crippen LogP contribution in [0.5, 0.6) is 0 Å². The van der Waals surface area contributed by atoms with Crippen LogP contribution in [0.1, 0.15) is 17.2 Å². The molecule has 0 saturated heterocycles. The fourth-order valence-electron chi connectivity index (χ4n) is 3.53. The van der Waals surface area contributed by atoms with E-state index < -0.39 is 17.9 Å². The average Bonchev–Trinajstić information content (AvgIpc) is 3.19. The number of nitrogens with zero attached hydrogens (tertiary/aromatic N) is 1. The predicted octanol–water partition coefficient (Wildman–Crippen LogP) is 4.93. The Hall–Kier alpha value is -3.38. The Morgan fingerprint density at radius 1 is 1.00 bits per heavy atom. The van der Waals surface area contributed by atoms with E-state index >= 15 is 0 Å². The van der Waals surface area contributed by atoms with Crippen LogP contribution in [0.2, 0.25) is 5.02 Å². The first kappa shape index (κ1) is 19.9. The Morgan fingerprint density at radius 3 is 2.50 bits per heavy atom. The summed E-state index contributed by atoms with van der Waals surface area (Å²) in [5, 5.41) is 5.25. The van der Waals surface area contributed by atoms with E-state index in [2.05, 4.69) is 10.6 Å². The summed E-state index contributed by atoms with van der Waals surface area (Å²) in [6.45, 7) is 0.554. The Bertz CT molecular complexity index is 1090. The minimum atomic E-state index is -0.881. The van der Waals surface area contributed by atoms with Crippen LogP contribution < -0.4 is 15.5 Å². The molecule has 1 aliphatic heterocycles. The zero-order valence-electron chi connectivity index (χ0n) is 15.9. The summed E-state index contributed by atoms with van der Waals surface area (Å²) in [5.41, 5.74) is 2.95. The van der Waals surface area contributed by atoms with Gasteiger partial charge in [0, 0.05) is 17.9 Å². The molecule has 5 nitrogen and oxygen atoms in total. The van der Waals surface area contributed by atoms with Gasteiger partial charge in [0.15, 0.2) is 0 Å². The van der Waals surface area contributed by atoms with E-state index in [4.69, 9.17) is 11.6 Å². The second kappa shape index (κ2) is 8.55. The second-order valence-electron chi connectivity index (χ2n) is 6.94. The quantitative estimate of drug-likeness (QED) is 0.625. The van der Waals surface area contributed by atoms with Crippen molar-refractivity contribution in [2.75, 3.05) is 16.8 Å². The summed E-state index contributed by atoms with van der Waals surface area (Å²) in [6.07, 6.45) is 0.768. The number of fused-ring (bicyclic) bond motifs is 1. The maximum absolute atomic E-state index is 13.4. The number of urea groups is 1. The molecule has 0 aliphatic carbocycles. The molecule has 4 rings (SSSR count). The van der Waals surface area contributed by atoms with Crippen molar-refractivity contribution >= 4 is 34.9 Å². The van der Waals surface area contributed by atoms with Crippen molar-refractivity contribution in [2.45, 2.75) is 12.5 Å². The highest BCUT2D eigenvalue weighted by atomic mass is 35.5. The van der Waals surface area contributed by atoms with E-state index in [1.807, 2.05) is 42.5 Å². The first-order chi connectivity index (χ1) is 14.5. The largest absolute Gasteiger partial charge is 0.322 e. The Morgan fingerprint density at radius 2 is 1.73 bits per heavy atom. The van der Waals surface area contributed by atoms with Gasteiger partial charge in [-0.3, -0.25) is 4.79 Å². The summed E-state index contributed by atoms with van der Waals surface area (Å²) in [4.78, 5) is 27.7. The van der Waals surface area contributed by atoms with Crippen LogP contribution in [0.4, 0.5) is 20.6 Å². The number of rotatable bonds is 4. The number of carbonyl (C=O) groups excluding carboxylic acids is 2. The van der Waals surface area contributed by atoms with Gasteiger partial charge < -0.3 is 15.5 Å². The van der Waals surface area contributed by atoms with Gasteiger partial charge in [0.05, 0.1) is 5.02 Å². The van der Waals surface area contributed by atoms with E-state index in [1.54, 1.807) is 17.0 Å². The number of hydrogen-bond donors (Lipinski definition) is 2. The molecule has 1 aliphatic rings. The average molecular weight is 424 g/mol. The van der Waals surface area contributed by atoms with Gasteiger partial charge in [-0.25, -0.2) is 9.18 Å². The van der Waals surface area contributed by atoms with E-state index in [0.29, 0.717) is 17.8 Å². The van der Waals surface area contributed by atoms with Gasteiger partial charge in [-0.15, -0.1) is 0 Å². The predicted molar refractivity (Wildman–Crippen MR) is 115 cm³/mol. The molecule has 2 N–H and O–H groups in total. The number of benzene rings is 3. The molecule has 1 heterocycles. The van der Waals surface area contributed by atoms with E-state index in [1.165, 1.54) is 18.2 Å². The number of halogens is 2. The van der Waals surface area contributed by atoms with Crippen molar-refractivity contribution in [3.63, 3.8) is 0 Å². The number of amides is 3. The number of para-hydroxylation sites is 1. The highest BCUT2D eigenvalue weighted by molar-refractivity contribution is 6.31. The maximum Gasteiger partial charge on any atom is 0.320 e. The van der Waals surface area contributed by atoms with Crippen LogP contribution in [-0.4, -0.2) is 18.5 Å². The smallest absolute Gasteiger partial charge is 0.320 e. The van der Waals surface area contributed by atoms with Crippen LogP contribution in [0.15, 0.2) is 72.8 Å². The van der Waals surface area contributed by atoms with Crippen molar-refractivity contribution < 1.29 is 14.0 Å². The molecular formula is C23H19ClFN3O2. The first-order valence-corrected chi connectivity index (χ1v) is 9.87. The third kappa shape index (κ3) is 4.14. The number of anilines is 2. The second-order valence-corrected chi connectivity index (χ2v) is 7.35. The highest BCUT2D eigenvalue weighted by Gasteiger charge is 2.32. The van der Waals surface area contributed by atoms with Crippen LogP contribution >= 0.6 is 11.6 Å².